The Morgan fingerprint density at radius 3 is 2.39 bits per heavy atom. The Morgan fingerprint density at radius 2 is 1.94 bits per heavy atom. The molecule has 1 rings (SSSR count). The molecule has 0 heterocycles. The normalized spacial score (nSPS) is 11.7. The molecule has 0 aliphatic rings. The second kappa shape index (κ2) is 6.05. The molecule has 1 aromatic rings. The molecule has 18 heavy (non-hydrogen) atoms. The predicted octanol–water partition coefficient (Wildman–Crippen LogP) is 1.79. The van der Waals surface area contributed by atoms with Crippen molar-refractivity contribution in [3.05, 3.63) is 29.8 Å². The molecule has 0 saturated carbocycles. The van der Waals surface area contributed by atoms with E-state index in [-0.39, 0.29) is 11.7 Å². The fourth-order valence-electron chi connectivity index (χ4n) is 1.54. The number of rotatable bonds is 4. The molecule has 1 amide bonds. The third kappa shape index (κ3) is 3.48. The van der Waals surface area contributed by atoms with Gasteiger partial charge in [0.05, 0.1) is 0 Å². The van der Waals surface area contributed by atoms with E-state index in [0.717, 1.165) is 5.69 Å². The average Bonchev–Trinajstić information content (AvgIpc) is 2.36. The highest BCUT2D eigenvalue weighted by Crippen LogP contribution is 2.16. The van der Waals surface area contributed by atoms with E-state index < -0.39 is 0 Å². The summed E-state index contributed by atoms with van der Waals surface area (Å²) in [5.41, 5.74) is 6.87. The van der Waals surface area contributed by atoms with E-state index >= 15 is 0 Å². The number of amides is 1. The first-order valence-corrected chi connectivity index (χ1v) is 5.80. The van der Waals surface area contributed by atoms with Gasteiger partial charge in [0.2, 0.25) is 5.91 Å². The number of hydrogen-bond acceptors (Lipinski definition) is 3. The Labute approximate surface area is 107 Å². The Kier molecular flexibility index (Phi) is 4.71. The summed E-state index contributed by atoms with van der Waals surface area (Å²) in [4.78, 5) is 13.5. The summed E-state index contributed by atoms with van der Waals surface area (Å²) in [6.07, 6.45) is 0.512. The lowest BCUT2D eigenvalue weighted by Crippen LogP contribution is -2.27. The highest BCUT2D eigenvalue weighted by atomic mass is 16.4. The molecule has 0 fully saturated rings. The van der Waals surface area contributed by atoms with Crippen molar-refractivity contribution in [2.75, 3.05) is 11.9 Å². The first kappa shape index (κ1) is 14.0. The third-order valence-corrected chi connectivity index (χ3v) is 2.62. The van der Waals surface area contributed by atoms with Crippen LogP contribution in [0.5, 0.6) is 0 Å². The van der Waals surface area contributed by atoms with Crippen molar-refractivity contribution in [1.29, 1.82) is 0 Å². The van der Waals surface area contributed by atoms with E-state index in [9.17, 15) is 4.79 Å². The van der Waals surface area contributed by atoms with Gasteiger partial charge >= 0.3 is 0 Å². The number of anilines is 1. The lowest BCUT2D eigenvalue weighted by Gasteiger charge is -2.18. The Morgan fingerprint density at radius 1 is 1.39 bits per heavy atom. The van der Waals surface area contributed by atoms with Crippen LogP contribution in [0.2, 0.25) is 0 Å². The van der Waals surface area contributed by atoms with Crippen molar-refractivity contribution < 1.29 is 10.0 Å². The van der Waals surface area contributed by atoms with Gasteiger partial charge in [0.25, 0.3) is 0 Å². The largest absolute Gasteiger partial charge is 0.409 e. The zero-order chi connectivity index (χ0) is 13.7. The lowest BCUT2D eigenvalue weighted by atomic mass is 10.1. The molecule has 0 bridgehead atoms. The molecule has 3 N–H and O–H groups in total. The Hall–Kier alpha value is -2.04. The van der Waals surface area contributed by atoms with Gasteiger partial charge in [-0.25, -0.2) is 0 Å². The van der Waals surface area contributed by atoms with Gasteiger partial charge in [0.1, 0.15) is 0 Å². The second-order valence-corrected chi connectivity index (χ2v) is 4.58. The summed E-state index contributed by atoms with van der Waals surface area (Å²) in [7, 11) is 1.74. The average molecular weight is 249 g/mol. The minimum absolute atomic E-state index is 0.0534. The van der Waals surface area contributed by atoms with Crippen LogP contribution in [0, 0.1) is 5.92 Å². The van der Waals surface area contributed by atoms with Crippen molar-refractivity contribution in [2.45, 2.75) is 20.3 Å². The van der Waals surface area contributed by atoms with E-state index in [1.165, 1.54) is 0 Å². The molecular formula is C13H19N3O2. The van der Waals surface area contributed by atoms with Crippen molar-refractivity contribution in [3.8, 4) is 0 Å². The van der Waals surface area contributed by atoms with Crippen LogP contribution in [0.4, 0.5) is 5.69 Å². The molecule has 98 valence electrons. The monoisotopic (exact) mass is 249 g/mol. The van der Waals surface area contributed by atoms with Gasteiger partial charge in [0.15, 0.2) is 5.84 Å². The first-order valence-electron chi connectivity index (χ1n) is 5.80. The van der Waals surface area contributed by atoms with Crippen molar-refractivity contribution in [3.63, 3.8) is 0 Å². The number of nitrogens with two attached hydrogens (primary N) is 1. The molecule has 0 aliphatic carbocycles. The highest BCUT2D eigenvalue weighted by molar-refractivity contribution is 5.98. The zero-order valence-corrected chi connectivity index (χ0v) is 10.9. The van der Waals surface area contributed by atoms with Gasteiger partial charge in [-0.3, -0.25) is 4.79 Å². The molecule has 0 atom stereocenters. The van der Waals surface area contributed by atoms with Crippen LogP contribution in [0.1, 0.15) is 25.8 Å². The fourth-order valence-corrected chi connectivity index (χ4v) is 1.54. The topological polar surface area (TPSA) is 78.9 Å². The van der Waals surface area contributed by atoms with Gasteiger partial charge in [0, 0.05) is 24.7 Å². The lowest BCUT2D eigenvalue weighted by molar-refractivity contribution is -0.119. The number of hydrogen-bond donors (Lipinski definition) is 2. The van der Waals surface area contributed by atoms with E-state index in [0.29, 0.717) is 17.9 Å². The van der Waals surface area contributed by atoms with E-state index in [4.69, 9.17) is 10.9 Å². The van der Waals surface area contributed by atoms with Gasteiger partial charge in [-0.05, 0) is 30.2 Å². The van der Waals surface area contributed by atoms with Gasteiger partial charge in [-0.1, -0.05) is 19.0 Å². The summed E-state index contributed by atoms with van der Waals surface area (Å²) in [5.74, 6) is 0.454. The summed E-state index contributed by atoms with van der Waals surface area (Å²) < 4.78 is 0. The van der Waals surface area contributed by atoms with E-state index in [1.54, 1.807) is 36.2 Å². The van der Waals surface area contributed by atoms with Crippen LogP contribution in [0.25, 0.3) is 0 Å². The standard InChI is InChI=1S/C13H19N3O2/c1-9(2)8-12(17)16(3)11-6-4-10(5-7-11)13(14)15-18/h4-7,9,18H,8H2,1-3H3,(H2,14,15). The smallest absolute Gasteiger partial charge is 0.226 e. The third-order valence-electron chi connectivity index (χ3n) is 2.62. The SMILES string of the molecule is CC(C)CC(=O)N(C)c1ccc(C(N)=NO)cc1. The number of carbonyl (C=O) groups is 1. The number of nitrogens with zero attached hydrogens (tertiary/aromatic N) is 2. The van der Waals surface area contributed by atoms with Crippen LogP contribution < -0.4 is 10.6 Å². The van der Waals surface area contributed by atoms with Crippen LogP contribution in [0.15, 0.2) is 29.4 Å². The molecule has 0 unspecified atom stereocenters. The summed E-state index contributed by atoms with van der Waals surface area (Å²) in [6.45, 7) is 4.01. The molecule has 0 spiro atoms. The van der Waals surface area contributed by atoms with Gasteiger partial charge in [-0.2, -0.15) is 0 Å². The maximum atomic E-state index is 11.9. The van der Waals surface area contributed by atoms with Crippen molar-refractivity contribution in [1.82, 2.24) is 0 Å². The molecule has 0 aliphatic heterocycles. The molecule has 0 saturated heterocycles. The van der Waals surface area contributed by atoms with Crippen LogP contribution >= 0.6 is 0 Å². The minimum Gasteiger partial charge on any atom is -0.409 e. The van der Waals surface area contributed by atoms with Gasteiger partial charge < -0.3 is 15.8 Å². The van der Waals surface area contributed by atoms with Crippen LogP contribution in [-0.2, 0) is 4.79 Å². The molecule has 0 aromatic heterocycles. The van der Waals surface area contributed by atoms with E-state index in [1.807, 2.05) is 13.8 Å². The number of oxime groups is 1. The molecular weight excluding hydrogens is 230 g/mol. The molecule has 5 heteroatoms. The summed E-state index contributed by atoms with van der Waals surface area (Å²) in [6, 6.07) is 6.96. The Balaban J connectivity index is 2.82. The molecule has 1 aromatic carbocycles. The van der Waals surface area contributed by atoms with Crippen molar-refractivity contribution >= 4 is 17.4 Å². The summed E-state index contributed by atoms with van der Waals surface area (Å²) >= 11 is 0. The van der Waals surface area contributed by atoms with Gasteiger partial charge in [-0.15, -0.1) is 0 Å². The fraction of sp³-hybridized carbons (Fsp3) is 0.385. The minimum atomic E-state index is 0.0534. The maximum Gasteiger partial charge on any atom is 0.226 e. The number of benzene rings is 1. The quantitative estimate of drug-likeness (QED) is 0.369. The highest BCUT2D eigenvalue weighted by Gasteiger charge is 2.12. The first-order chi connectivity index (χ1) is 8.45. The Bertz CT molecular complexity index is 438. The van der Waals surface area contributed by atoms with E-state index in [2.05, 4.69) is 5.16 Å². The van der Waals surface area contributed by atoms with Crippen LogP contribution in [-0.4, -0.2) is 24.0 Å². The number of carbonyl (C=O) groups excluding carboxylic acids is 1. The molecule has 0 radical (unpaired) electrons. The zero-order valence-electron chi connectivity index (χ0n) is 10.9. The maximum absolute atomic E-state index is 11.9. The predicted molar refractivity (Wildman–Crippen MR) is 71.8 cm³/mol. The van der Waals surface area contributed by atoms with Crippen LogP contribution in [0.3, 0.4) is 0 Å². The van der Waals surface area contributed by atoms with Crippen molar-refractivity contribution in [2.24, 2.45) is 16.8 Å². The molecule has 5 nitrogen and oxygen atoms in total. The second-order valence-electron chi connectivity index (χ2n) is 4.58. The summed E-state index contributed by atoms with van der Waals surface area (Å²) in [5, 5.41) is 11.5. The number of amidine groups is 1.